The van der Waals surface area contributed by atoms with E-state index in [4.69, 9.17) is 28.6 Å². The monoisotopic (exact) mass is 568 g/mol. The van der Waals surface area contributed by atoms with Gasteiger partial charge in [0.15, 0.2) is 16.1 Å². The second kappa shape index (κ2) is 11.2. The number of rotatable bonds is 7. The Balaban J connectivity index is 1.75. The number of hydrogen-bond acceptors (Lipinski definition) is 9. The van der Waals surface area contributed by atoms with Crippen LogP contribution in [0.15, 0.2) is 41.3 Å². The van der Waals surface area contributed by atoms with E-state index in [2.05, 4.69) is 25.6 Å². The Hall–Kier alpha value is -3.33. The SMILES string of the molecule is COC(=O)c1c(NC(=S)Nc2ccc(S(=O)(=O)Nc3ccc(Cl)nn3)cc2)sc(C(=O)N(C)C)c1C. The van der Waals surface area contributed by atoms with Crippen LogP contribution in [-0.2, 0) is 14.8 Å². The summed E-state index contributed by atoms with van der Waals surface area (Å²) in [6, 6.07) is 8.57. The number of carbonyl (C=O) groups is 2. The summed E-state index contributed by atoms with van der Waals surface area (Å²) in [6.07, 6.45) is 0. The molecule has 0 aliphatic carbocycles. The summed E-state index contributed by atoms with van der Waals surface area (Å²) in [6.45, 7) is 1.66. The molecule has 15 heteroatoms. The van der Waals surface area contributed by atoms with Crippen LogP contribution in [0.4, 0.5) is 16.5 Å². The minimum absolute atomic E-state index is 0.0163. The van der Waals surface area contributed by atoms with Crippen molar-refractivity contribution in [2.45, 2.75) is 11.8 Å². The summed E-state index contributed by atoms with van der Waals surface area (Å²) in [7, 11) is 0.558. The topological polar surface area (TPSA) is 143 Å². The average molecular weight is 569 g/mol. The minimum Gasteiger partial charge on any atom is -0.465 e. The highest BCUT2D eigenvalue weighted by Crippen LogP contribution is 2.34. The molecule has 1 aromatic carbocycles. The Bertz CT molecular complexity index is 1410. The summed E-state index contributed by atoms with van der Waals surface area (Å²) < 4.78 is 32.3. The number of anilines is 3. The zero-order valence-corrected chi connectivity index (χ0v) is 22.7. The number of thiocarbonyl (C=S) groups is 1. The van der Waals surface area contributed by atoms with Gasteiger partial charge in [0.2, 0.25) is 0 Å². The van der Waals surface area contributed by atoms with E-state index in [-0.39, 0.29) is 32.4 Å². The number of thiophene rings is 1. The maximum absolute atomic E-state index is 12.6. The molecule has 0 unspecified atom stereocenters. The van der Waals surface area contributed by atoms with Crippen LogP contribution in [0.25, 0.3) is 0 Å². The maximum Gasteiger partial charge on any atom is 0.341 e. The number of ether oxygens (including phenoxy) is 1. The molecule has 0 saturated heterocycles. The predicted molar refractivity (Wildman–Crippen MR) is 143 cm³/mol. The molecule has 0 fully saturated rings. The molecule has 0 saturated carbocycles. The van der Waals surface area contributed by atoms with Crippen molar-refractivity contribution < 1.29 is 22.7 Å². The second-order valence-corrected chi connectivity index (χ2v) is 10.9. The van der Waals surface area contributed by atoms with E-state index in [0.29, 0.717) is 21.1 Å². The molecule has 0 bridgehead atoms. The first-order valence-electron chi connectivity index (χ1n) is 10.1. The van der Waals surface area contributed by atoms with E-state index in [1.165, 1.54) is 48.4 Å². The van der Waals surface area contributed by atoms with Crippen molar-refractivity contribution in [2.75, 3.05) is 36.6 Å². The van der Waals surface area contributed by atoms with Crippen LogP contribution >= 0.6 is 35.2 Å². The summed E-state index contributed by atoms with van der Waals surface area (Å²) in [5, 5.41) is 13.7. The van der Waals surface area contributed by atoms with Gasteiger partial charge in [-0.05, 0) is 61.1 Å². The van der Waals surface area contributed by atoms with Crippen LogP contribution in [0, 0.1) is 6.92 Å². The number of benzene rings is 1. The fourth-order valence-corrected chi connectivity index (χ4v) is 5.51. The molecule has 0 atom stereocenters. The number of esters is 1. The molecular weight excluding hydrogens is 548 g/mol. The van der Waals surface area contributed by atoms with E-state index in [0.717, 1.165) is 11.3 Å². The summed E-state index contributed by atoms with van der Waals surface area (Å²) in [4.78, 5) is 26.6. The zero-order valence-electron chi connectivity index (χ0n) is 19.4. The van der Waals surface area contributed by atoms with Gasteiger partial charge in [-0.25, -0.2) is 13.2 Å². The van der Waals surface area contributed by atoms with Gasteiger partial charge in [-0.2, -0.15) is 0 Å². The van der Waals surface area contributed by atoms with E-state index in [1.807, 2.05) is 0 Å². The fourth-order valence-electron chi connectivity index (χ4n) is 2.91. The molecule has 11 nitrogen and oxygen atoms in total. The van der Waals surface area contributed by atoms with E-state index >= 15 is 0 Å². The molecule has 0 aliphatic rings. The number of aromatic nitrogens is 2. The standard InChI is InChI=1S/C21H21ClN6O5S3/c1-11-16(20(30)33-4)18(35-17(11)19(29)28(2)3)24-21(34)23-12-5-7-13(8-6-12)36(31,32)27-15-10-9-14(22)25-26-15/h5-10H,1-4H3,(H,26,27)(H2,23,24,34). The summed E-state index contributed by atoms with van der Waals surface area (Å²) in [5.41, 5.74) is 1.16. The molecule has 0 spiro atoms. The maximum atomic E-state index is 12.6. The van der Waals surface area contributed by atoms with Gasteiger partial charge in [0.1, 0.15) is 5.00 Å². The van der Waals surface area contributed by atoms with Gasteiger partial charge in [0.25, 0.3) is 15.9 Å². The second-order valence-electron chi connectivity index (χ2n) is 7.40. The highest BCUT2D eigenvalue weighted by molar-refractivity contribution is 7.92. The fraction of sp³-hybridized carbons (Fsp3) is 0.190. The van der Waals surface area contributed by atoms with Gasteiger partial charge in [0.05, 0.1) is 22.4 Å². The Morgan fingerprint density at radius 3 is 2.31 bits per heavy atom. The van der Waals surface area contributed by atoms with Crippen LogP contribution in [0.5, 0.6) is 0 Å². The van der Waals surface area contributed by atoms with Gasteiger partial charge in [0, 0.05) is 19.8 Å². The van der Waals surface area contributed by atoms with Gasteiger partial charge in [-0.1, -0.05) is 11.6 Å². The highest BCUT2D eigenvalue weighted by atomic mass is 35.5. The number of hydrogen-bond donors (Lipinski definition) is 3. The number of carbonyl (C=O) groups excluding carboxylic acids is 2. The molecule has 3 aromatic rings. The quantitative estimate of drug-likeness (QED) is 0.286. The van der Waals surface area contributed by atoms with Crippen molar-refractivity contribution in [3.8, 4) is 0 Å². The number of nitrogens with zero attached hydrogens (tertiary/aromatic N) is 3. The molecule has 0 aliphatic heterocycles. The first-order chi connectivity index (χ1) is 16.9. The molecule has 3 rings (SSSR count). The largest absolute Gasteiger partial charge is 0.465 e. The van der Waals surface area contributed by atoms with E-state index < -0.39 is 16.0 Å². The molecule has 3 N–H and O–H groups in total. The van der Waals surface area contributed by atoms with Gasteiger partial charge < -0.3 is 20.3 Å². The van der Waals surface area contributed by atoms with E-state index in [9.17, 15) is 18.0 Å². The Morgan fingerprint density at radius 1 is 1.08 bits per heavy atom. The van der Waals surface area contributed by atoms with Gasteiger partial charge in [-0.15, -0.1) is 21.5 Å². The number of methoxy groups -OCH3 is 1. The Labute approximate surface area is 221 Å². The van der Waals surface area contributed by atoms with Crippen LogP contribution in [0.1, 0.15) is 25.6 Å². The number of nitrogens with one attached hydrogen (secondary N) is 3. The third-order valence-electron chi connectivity index (χ3n) is 4.66. The Kier molecular flexibility index (Phi) is 8.45. The lowest BCUT2D eigenvalue weighted by molar-refractivity contribution is 0.0601. The van der Waals surface area contributed by atoms with Crippen LogP contribution < -0.4 is 15.4 Å². The Morgan fingerprint density at radius 2 is 1.75 bits per heavy atom. The number of amides is 1. The normalized spacial score (nSPS) is 10.9. The van der Waals surface area contributed by atoms with Crippen LogP contribution in [0.3, 0.4) is 0 Å². The summed E-state index contributed by atoms with van der Waals surface area (Å²) >= 11 is 12.1. The lowest BCUT2D eigenvalue weighted by Gasteiger charge is -2.12. The molecule has 1 amide bonds. The highest BCUT2D eigenvalue weighted by Gasteiger charge is 2.26. The minimum atomic E-state index is -3.91. The predicted octanol–water partition coefficient (Wildman–Crippen LogP) is 3.60. The first kappa shape index (κ1) is 27.3. The van der Waals surface area contributed by atoms with E-state index in [1.54, 1.807) is 21.0 Å². The lowest BCUT2D eigenvalue weighted by atomic mass is 10.1. The third kappa shape index (κ3) is 6.26. The van der Waals surface area contributed by atoms with Crippen molar-refractivity contribution in [3.63, 3.8) is 0 Å². The zero-order chi connectivity index (χ0) is 26.6. The molecular formula is C21H21ClN6O5S3. The molecule has 190 valence electrons. The van der Waals surface area contributed by atoms with Crippen molar-refractivity contribution in [2.24, 2.45) is 0 Å². The lowest BCUT2D eigenvalue weighted by Crippen LogP contribution is -2.21. The van der Waals surface area contributed by atoms with Crippen LogP contribution in [0.2, 0.25) is 5.15 Å². The van der Waals surface area contributed by atoms with Crippen molar-refractivity contribution in [1.29, 1.82) is 0 Å². The smallest absolute Gasteiger partial charge is 0.341 e. The van der Waals surface area contributed by atoms with Crippen LogP contribution in [-0.4, -0.2) is 61.7 Å². The van der Waals surface area contributed by atoms with Gasteiger partial charge in [-0.3, -0.25) is 9.52 Å². The van der Waals surface area contributed by atoms with Crippen molar-refractivity contribution in [1.82, 2.24) is 15.1 Å². The molecule has 36 heavy (non-hydrogen) atoms. The summed E-state index contributed by atoms with van der Waals surface area (Å²) in [5.74, 6) is -0.851. The van der Waals surface area contributed by atoms with Crippen molar-refractivity contribution in [3.05, 3.63) is 57.6 Å². The average Bonchev–Trinajstić information content (AvgIpc) is 3.14. The first-order valence-corrected chi connectivity index (χ1v) is 13.1. The molecule has 2 heterocycles. The number of halogens is 1. The van der Waals surface area contributed by atoms with Crippen molar-refractivity contribution >= 4 is 78.7 Å². The molecule has 0 radical (unpaired) electrons. The third-order valence-corrected chi connectivity index (χ3v) is 7.63. The number of sulfonamides is 1. The van der Waals surface area contributed by atoms with Gasteiger partial charge >= 0.3 is 5.97 Å². The molecule has 2 aromatic heterocycles.